The van der Waals surface area contributed by atoms with Crippen LogP contribution in [0.4, 0.5) is 11.4 Å². The number of carbonyl (C=O) groups is 3. The zero-order valence-corrected chi connectivity index (χ0v) is 20.1. The maximum absolute atomic E-state index is 14.0. The number of hydrogen-bond donors (Lipinski definition) is 1. The molecular formula is C28H20ClN3O5. The number of nitrogens with zero attached hydrogens (tertiary/aromatic N) is 2. The van der Waals surface area contributed by atoms with Crippen molar-refractivity contribution in [2.75, 3.05) is 17.0 Å². The SMILES string of the molecule is O=C(Nc1ccc(Cl)cc1)[C@@H]1[C@@H]2C(=O)N(c3ccc4c(c3)OCO4)C(=O)[C@H]2[C@@H]2c3ccccc3C=CN12. The standard InChI is InChI=1S/C28H20ClN3O5/c29-16-5-7-17(8-6-16)30-26(33)25-23-22(24-19-4-2-1-3-15(19)11-12-31(24)25)27(34)32(28(23)35)18-9-10-20-21(13-18)37-14-36-20/h1-13,22-25H,14H2,(H,30,33)/t22-,23-,24+,25+/m1/s1. The molecule has 7 rings (SSSR count). The van der Waals surface area contributed by atoms with Crippen LogP contribution in [0.2, 0.25) is 5.02 Å². The highest BCUT2D eigenvalue weighted by Gasteiger charge is 2.64. The fraction of sp³-hybridized carbons (Fsp3) is 0.179. The van der Waals surface area contributed by atoms with Crippen LogP contribution in [0.15, 0.2) is 72.9 Å². The van der Waals surface area contributed by atoms with E-state index in [1.165, 1.54) is 4.90 Å². The van der Waals surface area contributed by atoms with Gasteiger partial charge in [0, 0.05) is 23.0 Å². The average Bonchev–Trinajstić information content (AvgIpc) is 3.58. The Hall–Kier alpha value is -4.30. The van der Waals surface area contributed by atoms with Crippen LogP contribution in [0.25, 0.3) is 6.08 Å². The van der Waals surface area contributed by atoms with Gasteiger partial charge in [-0.1, -0.05) is 35.9 Å². The molecule has 2 fully saturated rings. The third kappa shape index (κ3) is 3.25. The number of carbonyl (C=O) groups excluding carboxylic acids is 3. The number of rotatable bonds is 3. The molecular weight excluding hydrogens is 494 g/mol. The van der Waals surface area contributed by atoms with Crippen LogP contribution in [0.5, 0.6) is 11.5 Å². The van der Waals surface area contributed by atoms with Crippen molar-refractivity contribution in [1.82, 2.24) is 4.90 Å². The second kappa shape index (κ2) is 8.11. The quantitative estimate of drug-likeness (QED) is 0.528. The van der Waals surface area contributed by atoms with Gasteiger partial charge in [0.15, 0.2) is 11.5 Å². The van der Waals surface area contributed by atoms with Crippen molar-refractivity contribution in [2.24, 2.45) is 11.8 Å². The number of ether oxygens (including phenoxy) is 2. The van der Waals surface area contributed by atoms with Crippen molar-refractivity contribution in [2.45, 2.75) is 12.1 Å². The van der Waals surface area contributed by atoms with Crippen molar-refractivity contribution in [1.29, 1.82) is 0 Å². The predicted octanol–water partition coefficient (Wildman–Crippen LogP) is 4.22. The molecule has 0 unspecified atom stereocenters. The van der Waals surface area contributed by atoms with Crippen molar-refractivity contribution in [3.63, 3.8) is 0 Å². The lowest BCUT2D eigenvalue weighted by Crippen LogP contribution is -2.46. The summed E-state index contributed by atoms with van der Waals surface area (Å²) in [6.07, 6.45) is 3.74. The minimum atomic E-state index is -0.884. The van der Waals surface area contributed by atoms with Crippen molar-refractivity contribution >= 4 is 46.8 Å². The van der Waals surface area contributed by atoms with Crippen molar-refractivity contribution in [3.05, 3.63) is 89.1 Å². The molecule has 3 amide bonds. The number of fused-ring (bicyclic) bond motifs is 6. The van der Waals surface area contributed by atoms with E-state index in [0.717, 1.165) is 11.1 Å². The van der Waals surface area contributed by atoms with Gasteiger partial charge in [-0.3, -0.25) is 14.4 Å². The first-order valence-electron chi connectivity index (χ1n) is 11.9. The summed E-state index contributed by atoms with van der Waals surface area (Å²) < 4.78 is 10.8. The van der Waals surface area contributed by atoms with Gasteiger partial charge in [0.2, 0.25) is 24.5 Å². The zero-order chi connectivity index (χ0) is 25.3. The maximum Gasteiger partial charge on any atom is 0.247 e. The number of halogens is 1. The molecule has 2 saturated heterocycles. The van der Waals surface area contributed by atoms with Gasteiger partial charge in [-0.15, -0.1) is 0 Å². The smallest absolute Gasteiger partial charge is 0.247 e. The van der Waals surface area contributed by atoms with Gasteiger partial charge < -0.3 is 19.7 Å². The van der Waals surface area contributed by atoms with Crippen LogP contribution >= 0.6 is 11.6 Å². The highest BCUT2D eigenvalue weighted by molar-refractivity contribution is 6.30. The zero-order valence-electron chi connectivity index (χ0n) is 19.3. The molecule has 4 aliphatic heterocycles. The summed E-state index contributed by atoms with van der Waals surface area (Å²) in [4.78, 5) is 44.7. The van der Waals surface area contributed by atoms with Crippen LogP contribution in [-0.4, -0.2) is 35.5 Å². The lowest BCUT2D eigenvalue weighted by Gasteiger charge is -2.35. The molecule has 3 aromatic rings. The van der Waals surface area contributed by atoms with E-state index in [1.54, 1.807) is 42.5 Å². The van der Waals surface area contributed by atoms with Crippen molar-refractivity contribution < 1.29 is 23.9 Å². The Balaban J connectivity index is 1.31. The number of nitrogens with one attached hydrogen (secondary N) is 1. The molecule has 8 nitrogen and oxygen atoms in total. The van der Waals surface area contributed by atoms with Gasteiger partial charge in [-0.05, 0) is 53.6 Å². The van der Waals surface area contributed by atoms with Crippen LogP contribution in [0.3, 0.4) is 0 Å². The fourth-order valence-corrected chi connectivity index (χ4v) is 6.01. The number of amides is 3. The van der Waals surface area contributed by atoms with Crippen LogP contribution < -0.4 is 19.7 Å². The molecule has 4 heterocycles. The summed E-state index contributed by atoms with van der Waals surface area (Å²) in [5.41, 5.74) is 2.83. The number of imide groups is 1. The van der Waals surface area contributed by atoms with E-state index in [0.29, 0.717) is 27.9 Å². The minimum absolute atomic E-state index is 0.0824. The highest BCUT2D eigenvalue weighted by atomic mass is 35.5. The minimum Gasteiger partial charge on any atom is -0.454 e. The highest BCUT2D eigenvalue weighted by Crippen LogP contribution is 2.53. The van der Waals surface area contributed by atoms with Gasteiger partial charge in [-0.2, -0.15) is 0 Å². The summed E-state index contributed by atoms with van der Waals surface area (Å²) >= 11 is 6.00. The normalized spacial score (nSPS) is 24.7. The first-order valence-corrected chi connectivity index (χ1v) is 12.3. The Labute approximate surface area is 217 Å². The van der Waals surface area contributed by atoms with Crippen LogP contribution in [-0.2, 0) is 14.4 Å². The summed E-state index contributed by atoms with van der Waals surface area (Å²) in [6.45, 7) is 0.0824. The lowest BCUT2D eigenvalue weighted by molar-refractivity contribution is -0.128. The summed E-state index contributed by atoms with van der Waals surface area (Å²) in [7, 11) is 0. The molecule has 0 spiro atoms. The Morgan fingerprint density at radius 3 is 2.51 bits per heavy atom. The monoisotopic (exact) mass is 513 g/mol. The van der Waals surface area contributed by atoms with Crippen molar-refractivity contribution in [3.8, 4) is 11.5 Å². The average molecular weight is 514 g/mol. The molecule has 0 aliphatic carbocycles. The second-order valence-electron chi connectivity index (χ2n) is 9.38. The number of anilines is 2. The van der Waals surface area contributed by atoms with E-state index in [4.69, 9.17) is 21.1 Å². The summed E-state index contributed by atoms with van der Waals surface area (Å²) in [5.74, 6) is -1.68. The summed E-state index contributed by atoms with van der Waals surface area (Å²) in [6, 6.07) is 18.2. The van der Waals surface area contributed by atoms with Crippen LogP contribution in [0, 0.1) is 11.8 Å². The first kappa shape index (κ1) is 21.9. The molecule has 1 N–H and O–H groups in total. The topological polar surface area (TPSA) is 88.2 Å². The molecule has 9 heteroatoms. The maximum atomic E-state index is 14.0. The number of hydrogen-bond acceptors (Lipinski definition) is 6. The van der Waals surface area contributed by atoms with E-state index in [9.17, 15) is 14.4 Å². The Kier molecular flexibility index (Phi) is 4.81. The largest absolute Gasteiger partial charge is 0.454 e. The third-order valence-corrected chi connectivity index (χ3v) is 7.71. The molecule has 3 aromatic carbocycles. The third-order valence-electron chi connectivity index (χ3n) is 7.46. The Morgan fingerprint density at radius 1 is 0.919 bits per heavy atom. The van der Waals surface area contributed by atoms with E-state index in [-0.39, 0.29) is 18.6 Å². The molecule has 0 aromatic heterocycles. The molecule has 0 bridgehead atoms. The summed E-state index contributed by atoms with van der Waals surface area (Å²) in [5, 5.41) is 3.46. The molecule has 37 heavy (non-hydrogen) atoms. The molecule has 4 aliphatic rings. The number of benzene rings is 3. The van der Waals surface area contributed by atoms with Crippen LogP contribution in [0.1, 0.15) is 17.2 Å². The fourth-order valence-electron chi connectivity index (χ4n) is 5.89. The van der Waals surface area contributed by atoms with Gasteiger partial charge >= 0.3 is 0 Å². The molecule has 4 atom stereocenters. The van der Waals surface area contributed by atoms with E-state index >= 15 is 0 Å². The van der Waals surface area contributed by atoms with Gasteiger partial charge in [-0.25, -0.2) is 4.90 Å². The van der Waals surface area contributed by atoms with E-state index in [1.807, 2.05) is 41.4 Å². The lowest BCUT2D eigenvalue weighted by atomic mass is 9.84. The van der Waals surface area contributed by atoms with Gasteiger partial charge in [0.1, 0.15) is 6.04 Å². The Bertz CT molecular complexity index is 1500. The van der Waals surface area contributed by atoms with Gasteiger partial charge in [0.05, 0.1) is 23.6 Å². The predicted molar refractivity (Wildman–Crippen MR) is 136 cm³/mol. The Morgan fingerprint density at radius 2 is 1.68 bits per heavy atom. The second-order valence-corrected chi connectivity index (χ2v) is 9.82. The van der Waals surface area contributed by atoms with E-state index in [2.05, 4.69) is 5.32 Å². The first-order chi connectivity index (χ1) is 18.0. The molecule has 0 radical (unpaired) electrons. The molecule has 0 saturated carbocycles. The van der Waals surface area contributed by atoms with Gasteiger partial charge in [0.25, 0.3) is 0 Å². The molecule has 184 valence electrons. The van der Waals surface area contributed by atoms with E-state index < -0.39 is 29.8 Å².